The van der Waals surface area contributed by atoms with Crippen LogP contribution in [0.1, 0.15) is 6.92 Å². The number of rotatable bonds is 6. The van der Waals surface area contributed by atoms with Gasteiger partial charge < -0.3 is 14.8 Å². The Morgan fingerprint density at radius 2 is 1.96 bits per heavy atom. The van der Waals surface area contributed by atoms with Gasteiger partial charge in [-0.25, -0.2) is 8.42 Å². The first-order valence-corrected chi connectivity index (χ1v) is 10.9. The van der Waals surface area contributed by atoms with Crippen molar-refractivity contribution >= 4 is 33.2 Å². The third-order valence-electron chi connectivity index (χ3n) is 4.22. The van der Waals surface area contributed by atoms with E-state index in [0.717, 1.165) is 10.6 Å². The van der Waals surface area contributed by atoms with Gasteiger partial charge in [-0.1, -0.05) is 29.8 Å². The molecule has 0 unspecified atom stereocenters. The Morgan fingerprint density at radius 1 is 1.25 bits per heavy atom. The maximum Gasteiger partial charge on any atom is 0.243 e. The highest BCUT2D eigenvalue weighted by Gasteiger charge is 2.30. The number of ether oxygens (including phenoxy) is 2. The van der Waals surface area contributed by atoms with E-state index in [1.54, 1.807) is 30.3 Å². The number of sulfonamides is 1. The first-order valence-electron chi connectivity index (χ1n) is 8.67. The number of carbonyl (C=O) groups is 1. The van der Waals surface area contributed by atoms with E-state index >= 15 is 0 Å². The van der Waals surface area contributed by atoms with Crippen molar-refractivity contribution in [1.82, 2.24) is 5.32 Å². The van der Waals surface area contributed by atoms with Crippen LogP contribution in [0.5, 0.6) is 11.5 Å². The molecule has 0 bridgehead atoms. The Labute approximate surface area is 169 Å². The number of amides is 1. The zero-order chi connectivity index (χ0) is 20.3. The van der Waals surface area contributed by atoms with E-state index < -0.39 is 22.0 Å². The van der Waals surface area contributed by atoms with Crippen molar-refractivity contribution in [3.05, 3.63) is 53.6 Å². The molecular formula is C19H21ClN2O5S. The molecule has 3 rings (SSSR count). The molecule has 1 aliphatic rings. The number of anilines is 1. The number of carbonyl (C=O) groups excluding carboxylic acids is 1. The van der Waals surface area contributed by atoms with Gasteiger partial charge in [0, 0.05) is 5.02 Å². The lowest BCUT2D eigenvalue weighted by Gasteiger charge is -2.30. The van der Waals surface area contributed by atoms with Gasteiger partial charge in [-0.2, -0.15) is 0 Å². The lowest BCUT2D eigenvalue weighted by atomic mass is 10.2. The fraction of sp³-hybridized carbons (Fsp3) is 0.316. The van der Waals surface area contributed by atoms with Crippen LogP contribution < -0.4 is 19.1 Å². The SMILES string of the molecule is C[C@@H](C(=O)NC[C@@H]1COc2ccccc2O1)N(c1cccc(Cl)c1)S(C)(=O)=O. The van der Waals surface area contributed by atoms with Crippen molar-refractivity contribution < 1.29 is 22.7 Å². The Balaban J connectivity index is 1.67. The number of nitrogens with zero attached hydrogens (tertiary/aromatic N) is 1. The van der Waals surface area contributed by atoms with Crippen LogP contribution in [0.15, 0.2) is 48.5 Å². The molecule has 0 spiro atoms. The minimum absolute atomic E-state index is 0.185. The van der Waals surface area contributed by atoms with Crippen LogP contribution in [-0.4, -0.2) is 45.9 Å². The van der Waals surface area contributed by atoms with Gasteiger partial charge >= 0.3 is 0 Å². The van der Waals surface area contributed by atoms with Crippen molar-refractivity contribution in [2.24, 2.45) is 0 Å². The predicted molar refractivity (Wildman–Crippen MR) is 108 cm³/mol. The summed E-state index contributed by atoms with van der Waals surface area (Å²) in [6, 6.07) is 12.7. The average molecular weight is 425 g/mol. The normalized spacial score (nSPS) is 16.9. The number of benzene rings is 2. The summed E-state index contributed by atoms with van der Waals surface area (Å²) in [4.78, 5) is 12.6. The fourth-order valence-corrected chi connectivity index (χ4v) is 4.30. The molecule has 28 heavy (non-hydrogen) atoms. The first-order chi connectivity index (χ1) is 13.3. The second-order valence-electron chi connectivity index (χ2n) is 6.46. The summed E-state index contributed by atoms with van der Waals surface area (Å²) in [5.41, 5.74) is 0.323. The molecule has 1 heterocycles. The topological polar surface area (TPSA) is 84.9 Å². The highest BCUT2D eigenvalue weighted by molar-refractivity contribution is 7.92. The second-order valence-corrected chi connectivity index (χ2v) is 8.75. The van der Waals surface area contributed by atoms with Crippen LogP contribution >= 0.6 is 11.6 Å². The lowest BCUT2D eigenvalue weighted by Crippen LogP contribution is -2.50. The van der Waals surface area contributed by atoms with Gasteiger partial charge in [0.1, 0.15) is 18.8 Å². The highest BCUT2D eigenvalue weighted by atomic mass is 35.5. The fourth-order valence-electron chi connectivity index (χ4n) is 2.95. The standard InChI is InChI=1S/C19H21ClN2O5S/c1-13(22(28(2,24)25)15-7-5-6-14(20)10-15)19(23)21-11-16-12-26-17-8-3-4-9-18(17)27-16/h3-10,13,16H,11-12H2,1-2H3,(H,21,23)/t13-,16+/m0/s1. The first kappa shape index (κ1) is 20.3. The zero-order valence-electron chi connectivity index (χ0n) is 15.5. The van der Waals surface area contributed by atoms with Crippen molar-refractivity contribution in [3.63, 3.8) is 0 Å². The number of hydrogen-bond donors (Lipinski definition) is 1. The van der Waals surface area contributed by atoms with Gasteiger partial charge in [0.2, 0.25) is 15.9 Å². The van der Waals surface area contributed by atoms with E-state index in [0.29, 0.717) is 22.2 Å². The van der Waals surface area contributed by atoms with Gasteiger partial charge in [0.25, 0.3) is 0 Å². The summed E-state index contributed by atoms with van der Waals surface area (Å²) in [7, 11) is -3.70. The molecule has 0 saturated carbocycles. The predicted octanol–water partition coefficient (Wildman–Crippen LogP) is 2.45. The third kappa shape index (κ3) is 4.69. The summed E-state index contributed by atoms with van der Waals surface area (Å²) in [6.07, 6.45) is 0.677. The number of nitrogens with one attached hydrogen (secondary N) is 1. The van der Waals surface area contributed by atoms with Crippen LogP contribution in [0.4, 0.5) is 5.69 Å². The van der Waals surface area contributed by atoms with Crippen molar-refractivity contribution in [2.45, 2.75) is 19.1 Å². The van der Waals surface area contributed by atoms with Crippen LogP contribution in [-0.2, 0) is 14.8 Å². The molecule has 0 radical (unpaired) electrons. The Morgan fingerprint density at radius 3 is 2.64 bits per heavy atom. The molecule has 0 saturated heterocycles. The van der Waals surface area contributed by atoms with Gasteiger partial charge in [0.15, 0.2) is 11.5 Å². The molecule has 1 aliphatic heterocycles. The summed E-state index contributed by atoms with van der Waals surface area (Å²) in [5, 5.41) is 3.12. The van der Waals surface area contributed by atoms with E-state index in [1.165, 1.54) is 13.0 Å². The minimum atomic E-state index is -3.70. The van der Waals surface area contributed by atoms with E-state index in [4.69, 9.17) is 21.1 Å². The van der Waals surface area contributed by atoms with Crippen LogP contribution in [0.3, 0.4) is 0 Å². The molecule has 7 nitrogen and oxygen atoms in total. The van der Waals surface area contributed by atoms with Crippen LogP contribution in [0.25, 0.3) is 0 Å². The summed E-state index contributed by atoms with van der Waals surface area (Å²) < 4.78 is 37.0. The van der Waals surface area contributed by atoms with Crippen molar-refractivity contribution in [3.8, 4) is 11.5 Å². The quantitative estimate of drug-likeness (QED) is 0.769. The van der Waals surface area contributed by atoms with E-state index in [1.807, 2.05) is 12.1 Å². The molecule has 2 aromatic rings. The third-order valence-corrected chi connectivity index (χ3v) is 5.70. The molecule has 1 amide bonds. The molecule has 2 aromatic carbocycles. The number of fused-ring (bicyclic) bond motifs is 1. The summed E-state index contributed by atoms with van der Waals surface area (Å²) >= 11 is 5.97. The summed E-state index contributed by atoms with van der Waals surface area (Å²) in [5.74, 6) is 0.813. The van der Waals surface area contributed by atoms with E-state index in [-0.39, 0.29) is 19.3 Å². The van der Waals surface area contributed by atoms with Gasteiger partial charge in [-0.15, -0.1) is 0 Å². The molecule has 2 atom stereocenters. The minimum Gasteiger partial charge on any atom is -0.486 e. The van der Waals surface area contributed by atoms with Gasteiger partial charge in [-0.05, 0) is 37.3 Å². The molecule has 0 aromatic heterocycles. The van der Waals surface area contributed by atoms with Gasteiger partial charge in [-0.3, -0.25) is 9.10 Å². The largest absolute Gasteiger partial charge is 0.486 e. The van der Waals surface area contributed by atoms with E-state index in [2.05, 4.69) is 5.32 Å². The molecule has 1 N–H and O–H groups in total. The Bertz CT molecular complexity index is 966. The van der Waals surface area contributed by atoms with E-state index in [9.17, 15) is 13.2 Å². The van der Waals surface area contributed by atoms with Crippen LogP contribution in [0.2, 0.25) is 5.02 Å². The number of halogens is 1. The average Bonchev–Trinajstić information content (AvgIpc) is 2.65. The molecule has 0 fully saturated rings. The van der Waals surface area contributed by atoms with Gasteiger partial charge in [0.05, 0.1) is 18.5 Å². The highest BCUT2D eigenvalue weighted by Crippen LogP contribution is 2.30. The molecule has 150 valence electrons. The lowest BCUT2D eigenvalue weighted by molar-refractivity contribution is -0.122. The Hall–Kier alpha value is -2.45. The molecular weight excluding hydrogens is 404 g/mol. The van der Waals surface area contributed by atoms with Crippen molar-refractivity contribution in [1.29, 1.82) is 0 Å². The van der Waals surface area contributed by atoms with Crippen LogP contribution in [0, 0.1) is 0 Å². The maximum absolute atomic E-state index is 12.6. The smallest absolute Gasteiger partial charge is 0.243 e. The summed E-state index contributed by atoms with van der Waals surface area (Å²) in [6.45, 7) is 1.99. The monoisotopic (exact) mass is 424 g/mol. The molecule has 9 heteroatoms. The maximum atomic E-state index is 12.6. The Kier molecular flexibility index (Phi) is 6.00. The number of hydrogen-bond acceptors (Lipinski definition) is 5. The molecule has 0 aliphatic carbocycles. The number of para-hydroxylation sites is 2. The second kappa shape index (κ2) is 8.28. The zero-order valence-corrected chi connectivity index (χ0v) is 17.0. The van der Waals surface area contributed by atoms with Crippen molar-refractivity contribution in [2.75, 3.05) is 23.7 Å².